The molecule has 0 amide bonds. The molecule has 2 rings (SSSR count). The third-order valence-electron chi connectivity index (χ3n) is 1.77. The Kier molecular flexibility index (Phi) is 2.06. The van der Waals surface area contributed by atoms with E-state index < -0.39 is 0 Å². The molecule has 1 aromatic carbocycles. The van der Waals surface area contributed by atoms with Crippen LogP contribution < -0.4 is 5.73 Å². The second-order valence-electron chi connectivity index (χ2n) is 2.66. The van der Waals surface area contributed by atoms with Crippen LogP contribution in [0.4, 0.5) is 5.82 Å². The van der Waals surface area contributed by atoms with E-state index in [-0.39, 0.29) is 0 Å². The highest BCUT2D eigenvalue weighted by Crippen LogP contribution is 2.16. The summed E-state index contributed by atoms with van der Waals surface area (Å²) in [5.74, 6) is 0.641. The first-order chi connectivity index (χ1) is 6.27. The van der Waals surface area contributed by atoms with Crippen molar-refractivity contribution in [2.45, 2.75) is 0 Å². The smallest absolute Gasteiger partial charge is 0.127 e. The Balaban J connectivity index is 2.47. The van der Waals surface area contributed by atoms with Crippen LogP contribution in [0.15, 0.2) is 41.3 Å². The maximum Gasteiger partial charge on any atom is 0.127 e. The minimum atomic E-state index is 0.641. The third kappa shape index (κ3) is 1.58. The number of nitrogen functional groups attached to an aromatic ring is 1. The normalized spacial score (nSPS) is 10.2. The molecule has 0 aliphatic heterocycles. The Morgan fingerprint density at radius 1 is 1.23 bits per heavy atom. The van der Waals surface area contributed by atoms with Gasteiger partial charge in [-0.05, 0) is 24.3 Å². The molecule has 0 unspecified atom stereocenters. The van der Waals surface area contributed by atoms with E-state index in [1.807, 2.05) is 28.8 Å². The molecule has 3 nitrogen and oxygen atoms in total. The predicted octanol–water partition coefficient (Wildman–Crippen LogP) is 2.22. The average Bonchev–Trinajstić information content (AvgIpc) is 2.53. The molecule has 0 saturated heterocycles. The molecule has 0 fully saturated rings. The van der Waals surface area contributed by atoms with E-state index in [0.29, 0.717) is 5.82 Å². The topological polar surface area (TPSA) is 43.8 Å². The van der Waals surface area contributed by atoms with Gasteiger partial charge >= 0.3 is 0 Å². The van der Waals surface area contributed by atoms with Gasteiger partial charge < -0.3 is 5.73 Å². The van der Waals surface area contributed by atoms with Crippen molar-refractivity contribution in [2.24, 2.45) is 0 Å². The number of aromatic nitrogens is 2. The van der Waals surface area contributed by atoms with Crippen molar-refractivity contribution in [2.75, 3.05) is 5.73 Å². The highest BCUT2D eigenvalue weighted by Gasteiger charge is 1.99. The number of imidazole rings is 1. The largest absolute Gasteiger partial charge is 0.383 e. The van der Waals surface area contributed by atoms with Gasteiger partial charge in [-0.15, -0.1) is 0 Å². The fraction of sp³-hybridized carbons (Fsp3) is 0. The number of rotatable bonds is 1. The monoisotopic (exact) mass is 237 g/mol. The molecule has 0 bridgehead atoms. The second-order valence-corrected chi connectivity index (χ2v) is 3.58. The second kappa shape index (κ2) is 3.22. The molecule has 0 atom stereocenters. The lowest BCUT2D eigenvalue weighted by molar-refractivity contribution is 1.07. The summed E-state index contributed by atoms with van der Waals surface area (Å²) < 4.78 is 2.88. The van der Waals surface area contributed by atoms with E-state index in [2.05, 4.69) is 20.9 Å². The van der Waals surface area contributed by atoms with Gasteiger partial charge in [0, 0.05) is 10.2 Å². The molecular formula is C9H8BrN3. The van der Waals surface area contributed by atoms with Crippen LogP contribution in [0.5, 0.6) is 0 Å². The molecular weight excluding hydrogens is 230 g/mol. The third-order valence-corrected chi connectivity index (χ3v) is 2.30. The molecule has 0 saturated carbocycles. The Labute approximate surface area is 84.3 Å². The quantitative estimate of drug-likeness (QED) is 0.827. The number of hydrogen-bond acceptors (Lipinski definition) is 2. The van der Waals surface area contributed by atoms with Crippen LogP contribution in [-0.2, 0) is 0 Å². The number of hydrogen-bond donors (Lipinski definition) is 1. The first-order valence-corrected chi connectivity index (χ1v) is 4.60. The Morgan fingerprint density at radius 2 is 1.92 bits per heavy atom. The van der Waals surface area contributed by atoms with Gasteiger partial charge in [-0.1, -0.05) is 15.9 Å². The van der Waals surface area contributed by atoms with Gasteiger partial charge in [0.05, 0.1) is 6.20 Å². The molecule has 1 aromatic heterocycles. The van der Waals surface area contributed by atoms with Gasteiger partial charge in [-0.2, -0.15) is 0 Å². The minimum Gasteiger partial charge on any atom is -0.383 e. The fourth-order valence-corrected chi connectivity index (χ4v) is 1.39. The zero-order valence-electron chi connectivity index (χ0n) is 6.81. The van der Waals surface area contributed by atoms with Crippen LogP contribution in [0, 0.1) is 0 Å². The van der Waals surface area contributed by atoms with Gasteiger partial charge in [-0.25, -0.2) is 4.98 Å². The molecule has 1 heterocycles. The Hall–Kier alpha value is -1.29. The summed E-state index contributed by atoms with van der Waals surface area (Å²) in [5, 5.41) is 0. The van der Waals surface area contributed by atoms with Gasteiger partial charge in [0.2, 0.25) is 0 Å². The highest BCUT2D eigenvalue weighted by atomic mass is 79.9. The van der Waals surface area contributed by atoms with Crippen molar-refractivity contribution < 1.29 is 0 Å². The zero-order valence-corrected chi connectivity index (χ0v) is 8.40. The van der Waals surface area contributed by atoms with Crippen LogP contribution in [0.3, 0.4) is 0 Å². The van der Waals surface area contributed by atoms with Crippen LogP contribution in [-0.4, -0.2) is 9.55 Å². The lowest BCUT2D eigenvalue weighted by atomic mass is 10.3. The van der Waals surface area contributed by atoms with Crippen molar-refractivity contribution in [1.82, 2.24) is 9.55 Å². The summed E-state index contributed by atoms with van der Waals surface area (Å²) >= 11 is 3.37. The van der Waals surface area contributed by atoms with Gasteiger partial charge in [-0.3, -0.25) is 4.57 Å². The molecule has 4 heteroatoms. The van der Waals surface area contributed by atoms with Crippen LogP contribution >= 0.6 is 15.9 Å². The van der Waals surface area contributed by atoms with Crippen LogP contribution in [0.2, 0.25) is 0 Å². The maximum atomic E-state index is 5.70. The van der Waals surface area contributed by atoms with Crippen molar-refractivity contribution in [3.05, 3.63) is 41.3 Å². The van der Waals surface area contributed by atoms with Gasteiger partial charge in [0.15, 0.2) is 0 Å². The molecule has 2 N–H and O–H groups in total. The molecule has 13 heavy (non-hydrogen) atoms. The minimum absolute atomic E-state index is 0.641. The van der Waals surface area contributed by atoms with Crippen LogP contribution in [0.25, 0.3) is 5.69 Å². The van der Waals surface area contributed by atoms with Crippen molar-refractivity contribution in [3.8, 4) is 5.69 Å². The molecule has 2 aromatic rings. The summed E-state index contributed by atoms with van der Waals surface area (Å²) in [6.45, 7) is 0. The predicted molar refractivity (Wildman–Crippen MR) is 55.7 cm³/mol. The van der Waals surface area contributed by atoms with E-state index >= 15 is 0 Å². The van der Waals surface area contributed by atoms with E-state index in [9.17, 15) is 0 Å². The SMILES string of the molecule is Nc1cncn1-c1ccc(Br)cc1. The average molecular weight is 238 g/mol. The van der Waals surface area contributed by atoms with Crippen LogP contribution in [0.1, 0.15) is 0 Å². The first-order valence-electron chi connectivity index (χ1n) is 3.81. The molecule has 0 spiro atoms. The van der Waals surface area contributed by atoms with E-state index in [1.165, 1.54) is 0 Å². The Morgan fingerprint density at radius 3 is 2.46 bits per heavy atom. The summed E-state index contributed by atoms with van der Waals surface area (Å²) in [5.41, 5.74) is 6.71. The first kappa shape index (κ1) is 8.31. The lowest BCUT2D eigenvalue weighted by Crippen LogP contribution is -1.97. The highest BCUT2D eigenvalue weighted by molar-refractivity contribution is 9.10. The molecule has 66 valence electrons. The maximum absolute atomic E-state index is 5.70. The molecule has 0 aliphatic rings. The molecule has 0 aliphatic carbocycles. The number of nitrogens with two attached hydrogens (primary N) is 1. The number of nitrogens with zero attached hydrogens (tertiary/aromatic N) is 2. The van der Waals surface area contributed by atoms with Gasteiger partial charge in [0.25, 0.3) is 0 Å². The number of halogens is 1. The standard InChI is InChI=1S/C9H8BrN3/c10-7-1-3-8(4-2-7)13-6-12-5-9(13)11/h1-6H,11H2. The summed E-state index contributed by atoms with van der Waals surface area (Å²) in [7, 11) is 0. The fourth-order valence-electron chi connectivity index (χ4n) is 1.12. The zero-order chi connectivity index (χ0) is 9.26. The summed E-state index contributed by atoms with van der Waals surface area (Å²) in [6, 6.07) is 7.88. The lowest BCUT2D eigenvalue weighted by Gasteiger charge is -2.03. The van der Waals surface area contributed by atoms with E-state index in [1.54, 1.807) is 12.5 Å². The van der Waals surface area contributed by atoms with Crippen molar-refractivity contribution >= 4 is 21.7 Å². The molecule has 0 radical (unpaired) electrons. The number of benzene rings is 1. The van der Waals surface area contributed by atoms with Gasteiger partial charge in [0.1, 0.15) is 12.1 Å². The van der Waals surface area contributed by atoms with E-state index in [4.69, 9.17) is 5.73 Å². The summed E-state index contributed by atoms with van der Waals surface area (Å²) in [4.78, 5) is 3.95. The Bertz CT molecular complexity index is 405. The summed E-state index contributed by atoms with van der Waals surface area (Å²) in [6.07, 6.45) is 3.32. The van der Waals surface area contributed by atoms with Crippen molar-refractivity contribution in [3.63, 3.8) is 0 Å². The number of anilines is 1. The van der Waals surface area contributed by atoms with Crippen molar-refractivity contribution in [1.29, 1.82) is 0 Å². The van der Waals surface area contributed by atoms with E-state index in [0.717, 1.165) is 10.2 Å².